The summed E-state index contributed by atoms with van der Waals surface area (Å²) >= 11 is 0. The quantitative estimate of drug-likeness (QED) is 0.483. The summed E-state index contributed by atoms with van der Waals surface area (Å²) in [5, 5.41) is 7.51. The van der Waals surface area contributed by atoms with E-state index >= 15 is 0 Å². The second-order valence-corrected chi connectivity index (χ2v) is 8.45. The minimum atomic E-state index is -0.202. The van der Waals surface area contributed by atoms with Crippen molar-refractivity contribution in [1.29, 1.82) is 0 Å². The Hall–Kier alpha value is -3.98. The van der Waals surface area contributed by atoms with Crippen molar-refractivity contribution >= 4 is 11.6 Å². The first-order chi connectivity index (χ1) is 16.5. The van der Waals surface area contributed by atoms with E-state index in [9.17, 15) is 0 Å². The summed E-state index contributed by atoms with van der Waals surface area (Å²) in [4.78, 5) is 16.2. The largest absolute Gasteiger partial charge is 0.480 e. The lowest BCUT2D eigenvalue weighted by atomic mass is 10.1. The van der Waals surface area contributed by atoms with Gasteiger partial charge in [0.2, 0.25) is 11.8 Å². The topological polar surface area (TPSA) is 90.2 Å². The van der Waals surface area contributed by atoms with E-state index in [4.69, 9.17) is 14.5 Å². The molecule has 4 aromatic heterocycles. The van der Waals surface area contributed by atoms with E-state index in [2.05, 4.69) is 45.3 Å². The second kappa shape index (κ2) is 9.11. The summed E-state index contributed by atoms with van der Waals surface area (Å²) in [5.41, 5.74) is 4.87. The molecule has 0 fully saturated rings. The number of ether oxygens (including phenoxy) is 2. The highest BCUT2D eigenvalue weighted by molar-refractivity contribution is 5.70. The minimum Gasteiger partial charge on any atom is -0.480 e. The predicted molar refractivity (Wildman–Crippen MR) is 129 cm³/mol. The Morgan fingerprint density at radius 3 is 2.68 bits per heavy atom. The molecule has 1 aliphatic rings. The molecule has 1 aliphatic heterocycles. The van der Waals surface area contributed by atoms with E-state index in [0.29, 0.717) is 23.4 Å². The minimum absolute atomic E-state index is 0.202. The van der Waals surface area contributed by atoms with Crippen LogP contribution >= 0.6 is 0 Å². The van der Waals surface area contributed by atoms with E-state index in [-0.39, 0.29) is 6.10 Å². The highest BCUT2D eigenvalue weighted by Crippen LogP contribution is 2.33. The molecule has 0 spiro atoms. The van der Waals surface area contributed by atoms with E-state index < -0.39 is 0 Å². The molecule has 4 aromatic rings. The van der Waals surface area contributed by atoms with Crippen molar-refractivity contribution < 1.29 is 9.47 Å². The highest BCUT2D eigenvalue weighted by atomic mass is 16.5. The molecule has 0 aliphatic carbocycles. The van der Waals surface area contributed by atoms with Gasteiger partial charge >= 0.3 is 0 Å². The maximum atomic E-state index is 6.39. The standard InChI is InChI=1S/C25H27N7O2/c1-16-6-5-11-26-23(16)20-15-31(2)13-17-7-9-21(29-24(17)34-20)28-22-10-8-19(25(30-22)33-4)18-12-27-32(3)14-18/h5-12,14,20H,13,15H2,1-4H3,(H,28,29,30). The van der Waals surface area contributed by atoms with Gasteiger partial charge in [0.25, 0.3) is 0 Å². The Labute approximate surface area is 198 Å². The molecule has 0 aromatic carbocycles. The molecule has 5 heterocycles. The average Bonchev–Trinajstić information content (AvgIpc) is 3.18. The number of nitrogens with one attached hydrogen (secondary N) is 1. The predicted octanol–water partition coefficient (Wildman–Crippen LogP) is 3.90. The number of hydrogen-bond acceptors (Lipinski definition) is 8. The van der Waals surface area contributed by atoms with Crippen molar-refractivity contribution in [3.63, 3.8) is 0 Å². The van der Waals surface area contributed by atoms with Gasteiger partial charge in [0, 0.05) is 49.2 Å². The number of aryl methyl sites for hydroxylation is 2. The van der Waals surface area contributed by atoms with Crippen molar-refractivity contribution in [1.82, 2.24) is 29.6 Å². The van der Waals surface area contributed by atoms with E-state index in [1.807, 2.05) is 43.6 Å². The maximum Gasteiger partial charge on any atom is 0.223 e. The summed E-state index contributed by atoms with van der Waals surface area (Å²) in [7, 11) is 5.56. The van der Waals surface area contributed by atoms with Crippen molar-refractivity contribution in [2.24, 2.45) is 7.05 Å². The lowest BCUT2D eigenvalue weighted by Crippen LogP contribution is -2.25. The zero-order chi connectivity index (χ0) is 23.7. The van der Waals surface area contributed by atoms with E-state index in [1.165, 1.54) is 0 Å². The van der Waals surface area contributed by atoms with Gasteiger partial charge in [0.15, 0.2) is 6.10 Å². The SMILES string of the molecule is COc1nc(Nc2ccc3c(n2)OC(c2ncccc2C)CN(C)C3)ccc1-c1cnn(C)c1. The lowest BCUT2D eigenvalue weighted by Gasteiger charge is -2.20. The number of anilines is 2. The molecule has 5 rings (SSSR count). The molecule has 0 saturated heterocycles. The number of pyridine rings is 3. The normalized spacial score (nSPS) is 15.8. The van der Waals surface area contributed by atoms with Crippen LogP contribution in [-0.2, 0) is 13.6 Å². The van der Waals surface area contributed by atoms with Gasteiger partial charge in [0.05, 0.1) is 19.0 Å². The summed E-state index contributed by atoms with van der Waals surface area (Å²) in [6.45, 7) is 3.53. The number of likely N-dealkylation sites (N-methyl/N-ethyl adjacent to an activating group) is 1. The Balaban J connectivity index is 1.42. The first-order valence-corrected chi connectivity index (χ1v) is 11.1. The third kappa shape index (κ3) is 4.42. The van der Waals surface area contributed by atoms with Gasteiger partial charge in [-0.05, 0) is 49.9 Å². The second-order valence-electron chi connectivity index (χ2n) is 8.45. The number of methoxy groups -OCH3 is 1. The summed E-state index contributed by atoms with van der Waals surface area (Å²) in [5.74, 6) is 2.38. The van der Waals surface area contributed by atoms with Gasteiger partial charge in [-0.3, -0.25) is 14.6 Å². The molecule has 1 atom stereocenters. The van der Waals surface area contributed by atoms with Crippen LogP contribution in [0.15, 0.2) is 55.0 Å². The first-order valence-electron chi connectivity index (χ1n) is 11.1. The fraction of sp³-hybridized carbons (Fsp3) is 0.280. The molecule has 1 N–H and O–H groups in total. The fourth-order valence-electron chi connectivity index (χ4n) is 4.13. The van der Waals surface area contributed by atoms with Crippen molar-refractivity contribution in [2.75, 3.05) is 26.0 Å². The molecule has 34 heavy (non-hydrogen) atoms. The van der Waals surface area contributed by atoms with Gasteiger partial charge in [-0.2, -0.15) is 15.1 Å². The Kier molecular flexibility index (Phi) is 5.85. The molecule has 0 amide bonds. The van der Waals surface area contributed by atoms with Crippen molar-refractivity contribution in [3.05, 3.63) is 71.8 Å². The Morgan fingerprint density at radius 1 is 1.09 bits per heavy atom. The molecule has 9 heteroatoms. The van der Waals surface area contributed by atoms with Crippen LogP contribution < -0.4 is 14.8 Å². The van der Waals surface area contributed by atoms with Crippen LogP contribution in [0.1, 0.15) is 22.9 Å². The number of hydrogen-bond donors (Lipinski definition) is 1. The summed E-state index contributed by atoms with van der Waals surface area (Å²) in [6, 6.07) is 11.8. The Morgan fingerprint density at radius 2 is 1.91 bits per heavy atom. The third-order valence-electron chi connectivity index (χ3n) is 5.79. The van der Waals surface area contributed by atoms with Gasteiger partial charge in [-0.1, -0.05) is 6.07 Å². The van der Waals surface area contributed by atoms with Gasteiger partial charge in [0.1, 0.15) is 11.6 Å². The monoisotopic (exact) mass is 457 g/mol. The zero-order valence-electron chi connectivity index (χ0n) is 19.7. The van der Waals surface area contributed by atoms with Gasteiger partial charge in [-0.15, -0.1) is 0 Å². The van der Waals surface area contributed by atoms with Crippen LogP contribution in [0.25, 0.3) is 11.1 Å². The van der Waals surface area contributed by atoms with Crippen LogP contribution in [0.5, 0.6) is 11.8 Å². The summed E-state index contributed by atoms with van der Waals surface area (Å²) in [6.07, 6.45) is 5.31. The molecule has 0 saturated carbocycles. The van der Waals surface area contributed by atoms with Crippen LogP contribution in [0.4, 0.5) is 11.6 Å². The molecule has 0 bridgehead atoms. The zero-order valence-corrected chi connectivity index (χ0v) is 19.7. The third-order valence-corrected chi connectivity index (χ3v) is 5.79. The molecular weight excluding hydrogens is 430 g/mol. The van der Waals surface area contributed by atoms with Gasteiger partial charge < -0.3 is 14.8 Å². The number of aromatic nitrogens is 5. The van der Waals surface area contributed by atoms with Crippen LogP contribution in [0.2, 0.25) is 0 Å². The smallest absolute Gasteiger partial charge is 0.223 e. The van der Waals surface area contributed by atoms with Crippen LogP contribution in [0, 0.1) is 6.92 Å². The number of rotatable bonds is 5. The Bertz CT molecular complexity index is 1320. The highest BCUT2D eigenvalue weighted by Gasteiger charge is 2.26. The average molecular weight is 458 g/mol. The van der Waals surface area contributed by atoms with Gasteiger partial charge in [-0.25, -0.2) is 0 Å². The molecule has 174 valence electrons. The molecular formula is C25H27N7O2. The molecule has 1 unspecified atom stereocenters. The fourth-order valence-corrected chi connectivity index (χ4v) is 4.13. The number of nitrogens with zero attached hydrogens (tertiary/aromatic N) is 6. The molecule has 9 nitrogen and oxygen atoms in total. The van der Waals surface area contributed by atoms with Crippen molar-refractivity contribution in [2.45, 2.75) is 19.6 Å². The van der Waals surface area contributed by atoms with Crippen LogP contribution in [-0.4, -0.2) is 50.3 Å². The van der Waals surface area contributed by atoms with E-state index in [0.717, 1.165) is 41.0 Å². The maximum absolute atomic E-state index is 6.39. The van der Waals surface area contributed by atoms with E-state index in [1.54, 1.807) is 24.2 Å². The first kappa shape index (κ1) is 21.8. The van der Waals surface area contributed by atoms with Crippen molar-refractivity contribution in [3.8, 4) is 22.9 Å². The molecule has 0 radical (unpaired) electrons. The summed E-state index contributed by atoms with van der Waals surface area (Å²) < 4.78 is 13.7. The van der Waals surface area contributed by atoms with Crippen LogP contribution in [0.3, 0.4) is 0 Å². The number of fused-ring (bicyclic) bond motifs is 1. The lowest BCUT2D eigenvalue weighted by molar-refractivity contribution is 0.155.